The van der Waals surface area contributed by atoms with Gasteiger partial charge in [0.2, 0.25) is 0 Å². The Balaban J connectivity index is 1.62. The highest BCUT2D eigenvalue weighted by atomic mass is 19.4. The number of aryl methyl sites for hydroxylation is 1. The van der Waals surface area contributed by atoms with Crippen LogP contribution in [0.15, 0.2) is 47.9 Å². The van der Waals surface area contributed by atoms with Crippen molar-refractivity contribution in [3.63, 3.8) is 0 Å². The number of imidazole rings is 1. The van der Waals surface area contributed by atoms with Crippen LogP contribution < -0.4 is 5.32 Å². The van der Waals surface area contributed by atoms with Gasteiger partial charge < -0.3 is 10.2 Å². The average Bonchev–Trinajstić information content (AvgIpc) is 3.52. The SMILES string of the molecule is Cc1cc(C(F)(F)F)cc(C2(C(F)(F)F)CC(c3ccc(C(=O)NCC(=O)CCC(F)(F)F)c4nccn34)=NO2)c1. The first-order valence-corrected chi connectivity index (χ1v) is 11.8. The first-order valence-electron chi connectivity index (χ1n) is 11.8. The van der Waals surface area contributed by atoms with Crippen LogP contribution in [-0.4, -0.2) is 45.7 Å². The van der Waals surface area contributed by atoms with E-state index >= 15 is 0 Å². The van der Waals surface area contributed by atoms with Gasteiger partial charge in [-0.15, -0.1) is 0 Å². The third kappa shape index (κ3) is 6.15. The van der Waals surface area contributed by atoms with Gasteiger partial charge in [-0.2, -0.15) is 39.5 Å². The van der Waals surface area contributed by atoms with Crippen molar-refractivity contribution in [3.8, 4) is 0 Å². The molecule has 1 atom stereocenters. The number of Topliss-reactive ketones (excluding diaryl/α,β-unsaturated/α-hetero) is 1. The summed E-state index contributed by atoms with van der Waals surface area (Å²) in [5.74, 6) is -1.76. The normalized spacial score (nSPS) is 17.9. The number of hydrogen-bond donors (Lipinski definition) is 1. The van der Waals surface area contributed by atoms with Crippen LogP contribution in [0, 0.1) is 6.92 Å². The molecule has 1 N–H and O–H groups in total. The number of ketones is 1. The van der Waals surface area contributed by atoms with Crippen molar-refractivity contribution in [2.45, 2.75) is 50.3 Å². The average molecular weight is 594 g/mol. The zero-order chi connectivity index (χ0) is 30.4. The van der Waals surface area contributed by atoms with Crippen LogP contribution in [0.4, 0.5) is 39.5 Å². The van der Waals surface area contributed by atoms with E-state index in [2.05, 4.69) is 15.5 Å². The first-order chi connectivity index (χ1) is 18.9. The minimum Gasteiger partial charge on any atom is -0.374 e. The Kier molecular flexibility index (Phi) is 7.56. The van der Waals surface area contributed by atoms with Gasteiger partial charge in [0.15, 0.2) is 5.78 Å². The maximum absolute atomic E-state index is 14.4. The van der Waals surface area contributed by atoms with Gasteiger partial charge in [0.1, 0.15) is 11.4 Å². The molecule has 41 heavy (non-hydrogen) atoms. The summed E-state index contributed by atoms with van der Waals surface area (Å²) < 4.78 is 121. The van der Waals surface area contributed by atoms with Gasteiger partial charge in [-0.3, -0.25) is 14.0 Å². The number of amides is 1. The largest absolute Gasteiger partial charge is 0.435 e. The van der Waals surface area contributed by atoms with Crippen molar-refractivity contribution in [2.75, 3.05) is 6.54 Å². The summed E-state index contributed by atoms with van der Waals surface area (Å²) in [4.78, 5) is 33.2. The monoisotopic (exact) mass is 594 g/mol. The first kappa shape index (κ1) is 29.9. The molecule has 0 aliphatic carbocycles. The van der Waals surface area contributed by atoms with E-state index in [-0.39, 0.29) is 28.2 Å². The summed E-state index contributed by atoms with van der Waals surface area (Å²) in [7, 11) is 0. The van der Waals surface area contributed by atoms with Crippen LogP contribution in [0.5, 0.6) is 0 Å². The smallest absolute Gasteiger partial charge is 0.374 e. The van der Waals surface area contributed by atoms with Crippen molar-refractivity contribution >= 4 is 23.0 Å². The van der Waals surface area contributed by atoms with Crippen LogP contribution in [0.1, 0.15) is 52.0 Å². The molecule has 1 aliphatic rings. The molecular weight excluding hydrogens is 575 g/mol. The van der Waals surface area contributed by atoms with Crippen LogP contribution in [-0.2, 0) is 21.4 Å². The van der Waals surface area contributed by atoms with Crippen LogP contribution >= 0.6 is 0 Å². The number of alkyl halides is 9. The molecule has 0 spiro atoms. The van der Waals surface area contributed by atoms with Gasteiger partial charge in [-0.1, -0.05) is 16.8 Å². The fourth-order valence-corrected chi connectivity index (χ4v) is 4.29. The molecule has 0 bridgehead atoms. The zero-order valence-corrected chi connectivity index (χ0v) is 20.8. The number of carbonyl (C=O) groups excluding carboxylic acids is 2. The number of rotatable bonds is 7. The lowest BCUT2D eigenvalue weighted by molar-refractivity contribution is -0.276. The molecule has 1 unspecified atom stereocenters. The Morgan fingerprint density at radius 1 is 1.05 bits per heavy atom. The number of aromatic nitrogens is 2. The van der Waals surface area contributed by atoms with Gasteiger partial charge in [0.25, 0.3) is 11.5 Å². The number of halogens is 9. The maximum atomic E-state index is 14.4. The topological polar surface area (TPSA) is 85.1 Å². The standard InChI is InChI=1S/C25H19F9N4O3/c1-13-8-14(10-15(9-13)24(29,30)31)22(25(32,33)34)11-18(37-41-22)19-3-2-17(20-35-6-7-38(19)20)21(40)36-12-16(39)4-5-23(26,27)28/h2-3,6-10H,4-5,11-12H2,1H3,(H,36,40). The minimum atomic E-state index is -5.19. The predicted molar refractivity (Wildman–Crippen MR) is 124 cm³/mol. The Morgan fingerprint density at radius 2 is 1.76 bits per heavy atom. The molecule has 1 aliphatic heterocycles. The second-order valence-corrected chi connectivity index (χ2v) is 9.31. The quantitative estimate of drug-likeness (QED) is 0.346. The van der Waals surface area contributed by atoms with Gasteiger partial charge in [-0.25, -0.2) is 4.98 Å². The van der Waals surface area contributed by atoms with E-state index in [9.17, 15) is 49.1 Å². The number of pyridine rings is 1. The third-order valence-electron chi connectivity index (χ3n) is 6.28. The van der Waals surface area contributed by atoms with E-state index in [0.29, 0.717) is 12.1 Å². The van der Waals surface area contributed by atoms with Crippen LogP contribution in [0.3, 0.4) is 0 Å². The zero-order valence-electron chi connectivity index (χ0n) is 20.8. The summed E-state index contributed by atoms with van der Waals surface area (Å²) >= 11 is 0. The second kappa shape index (κ2) is 10.4. The summed E-state index contributed by atoms with van der Waals surface area (Å²) in [6.45, 7) is 0.511. The number of carbonyl (C=O) groups is 2. The van der Waals surface area contributed by atoms with Crippen LogP contribution in [0.25, 0.3) is 5.65 Å². The van der Waals surface area contributed by atoms with Crippen molar-refractivity contribution < 1.29 is 53.9 Å². The molecule has 1 aromatic carbocycles. The number of benzene rings is 1. The fraction of sp³-hybridized carbons (Fsp3) is 0.360. The van der Waals surface area contributed by atoms with Crippen molar-refractivity contribution in [2.24, 2.45) is 5.16 Å². The molecule has 7 nitrogen and oxygen atoms in total. The van der Waals surface area contributed by atoms with E-state index in [1.807, 2.05) is 0 Å². The lowest BCUT2D eigenvalue weighted by Crippen LogP contribution is -2.43. The van der Waals surface area contributed by atoms with E-state index in [4.69, 9.17) is 4.84 Å². The lowest BCUT2D eigenvalue weighted by atomic mass is 9.85. The lowest BCUT2D eigenvalue weighted by Gasteiger charge is -2.30. The van der Waals surface area contributed by atoms with E-state index < -0.39 is 72.8 Å². The maximum Gasteiger partial charge on any atom is 0.435 e. The van der Waals surface area contributed by atoms with Gasteiger partial charge >= 0.3 is 18.5 Å². The Morgan fingerprint density at radius 3 is 2.39 bits per heavy atom. The summed E-state index contributed by atoms with van der Waals surface area (Å²) in [6.07, 6.45) is -15.4. The fourth-order valence-electron chi connectivity index (χ4n) is 4.29. The molecule has 1 amide bonds. The molecule has 220 valence electrons. The molecule has 2 aromatic heterocycles. The molecular formula is C25H19F9N4O3. The van der Waals surface area contributed by atoms with Crippen LogP contribution in [0.2, 0.25) is 0 Å². The molecule has 0 radical (unpaired) electrons. The number of hydrogen-bond acceptors (Lipinski definition) is 5. The predicted octanol–water partition coefficient (Wildman–Crippen LogP) is 5.89. The Bertz CT molecular complexity index is 1520. The number of nitrogens with one attached hydrogen (secondary N) is 1. The molecule has 0 saturated heterocycles. The third-order valence-corrected chi connectivity index (χ3v) is 6.28. The minimum absolute atomic E-state index is 0.0230. The molecule has 4 rings (SSSR count). The van der Waals surface area contributed by atoms with E-state index in [0.717, 1.165) is 12.1 Å². The summed E-state index contributed by atoms with van der Waals surface area (Å²) in [5, 5.41) is 5.74. The second-order valence-electron chi connectivity index (χ2n) is 9.31. The molecule has 3 aromatic rings. The molecule has 3 heterocycles. The highest BCUT2D eigenvalue weighted by Gasteiger charge is 2.62. The van der Waals surface area contributed by atoms with E-state index in [1.165, 1.54) is 29.8 Å². The summed E-state index contributed by atoms with van der Waals surface area (Å²) in [6, 6.07) is 4.33. The van der Waals surface area contributed by atoms with Gasteiger partial charge in [-0.05, 0) is 31.2 Å². The Hall–Kier alpha value is -4.11. The number of oxime groups is 1. The number of nitrogens with zero attached hydrogens (tertiary/aromatic N) is 3. The molecule has 0 fully saturated rings. The molecule has 16 heteroatoms. The van der Waals surface area contributed by atoms with Gasteiger partial charge in [0, 0.05) is 24.4 Å². The van der Waals surface area contributed by atoms with Crippen molar-refractivity contribution in [1.82, 2.24) is 14.7 Å². The van der Waals surface area contributed by atoms with Gasteiger partial charge in [0.05, 0.1) is 36.2 Å². The molecule has 0 saturated carbocycles. The van der Waals surface area contributed by atoms with Crippen molar-refractivity contribution in [3.05, 3.63) is 70.7 Å². The van der Waals surface area contributed by atoms with E-state index in [1.54, 1.807) is 0 Å². The highest BCUT2D eigenvalue weighted by Crippen LogP contribution is 2.50. The highest BCUT2D eigenvalue weighted by molar-refractivity contribution is 6.05. The van der Waals surface area contributed by atoms with Crippen molar-refractivity contribution in [1.29, 1.82) is 0 Å². The Labute approximate surface area is 225 Å². The number of fused-ring (bicyclic) bond motifs is 1. The summed E-state index contributed by atoms with van der Waals surface area (Å²) in [5.41, 5.74) is -6.00.